The Morgan fingerprint density at radius 1 is 0.966 bits per heavy atom. The van der Waals surface area contributed by atoms with Crippen molar-refractivity contribution in [3.63, 3.8) is 0 Å². The summed E-state index contributed by atoms with van der Waals surface area (Å²) in [6.45, 7) is 8.19. The van der Waals surface area contributed by atoms with E-state index in [1.807, 2.05) is 50.3 Å². The number of aliphatic hydroxyl groups is 1. The van der Waals surface area contributed by atoms with Gasteiger partial charge >= 0.3 is 0 Å². The summed E-state index contributed by atoms with van der Waals surface area (Å²) >= 11 is 0. The molecule has 0 radical (unpaired) electrons. The van der Waals surface area contributed by atoms with E-state index in [4.69, 9.17) is 5.73 Å². The van der Waals surface area contributed by atoms with Gasteiger partial charge in [-0.2, -0.15) is 18.2 Å². The molecule has 2 aromatic carbocycles. The van der Waals surface area contributed by atoms with E-state index in [0.717, 1.165) is 22.3 Å². The Bertz CT molecular complexity index is 840. The molecular weight excluding hydrogens is 412 g/mol. The maximum absolute atomic E-state index is 12.8. The van der Waals surface area contributed by atoms with Gasteiger partial charge < -0.3 is 10.8 Å². The molecule has 0 saturated heterocycles. The molecule has 0 aliphatic heterocycles. The van der Waals surface area contributed by atoms with E-state index in [0.29, 0.717) is 5.57 Å². The maximum atomic E-state index is 12.8. The zero-order valence-corrected chi connectivity index (χ0v) is 18.2. The van der Waals surface area contributed by atoms with Gasteiger partial charge in [0.15, 0.2) is 5.88 Å². The van der Waals surface area contributed by atoms with E-state index < -0.39 is 6.43 Å². The van der Waals surface area contributed by atoms with Crippen LogP contribution in [0.2, 0.25) is 0 Å². The molecule has 0 bridgehead atoms. The Kier molecular flexibility index (Phi) is 9.48. The standard InChI is InChI=1S/C19H23F2NO.C5H5.Fe/c1-10(2)14-9-15(19(22)23)16(11(3)4)17(14)12-5-7-13(8-6-12)18(20)21;1-2-4-5-3-1;/h5-11,18,23H,22H2,1-4H3;1-5H;/q;-1;/b19-15-;;. The molecule has 0 atom stereocenters. The monoisotopic (exact) mass is 440 g/mol. The predicted octanol–water partition coefficient (Wildman–Crippen LogP) is 6.76. The molecule has 3 rings (SSSR count). The molecular formula is C24H28F2FeNO-. The van der Waals surface area contributed by atoms with Crippen molar-refractivity contribution in [1.29, 1.82) is 0 Å². The molecule has 0 unspecified atom stereocenters. The molecule has 5 heteroatoms. The summed E-state index contributed by atoms with van der Waals surface area (Å²) in [4.78, 5) is 0. The number of hydrogen-bond acceptors (Lipinski definition) is 2. The Labute approximate surface area is 182 Å². The van der Waals surface area contributed by atoms with E-state index in [1.54, 1.807) is 12.1 Å². The first kappa shape index (κ1) is 24.8. The summed E-state index contributed by atoms with van der Waals surface area (Å²) in [6.07, 6.45) is -0.569. The Balaban J connectivity index is 0.000000610. The van der Waals surface area contributed by atoms with Crippen LogP contribution in [0.25, 0.3) is 5.57 Å². The van der Waals surface area contributed by atoms with Crippen LogP contribution in [-0.2, 0) is 17.1 Å². The van der Waals surface area contributed by atoms with E-state index in [1.165, 1.54) is 12.1 Å². The summed E-state index contributed by atoms with van der Waals surface area (Å²) in [7, 11) is 0. The van der Waals surface area contributed by atoms with Gasteiger partial charge in [-0.1, -0.05) is 52.0 Å². The third kappa shape index (κ3) is 6.12. The number of alkyl halides is 2. The fraction of sp³-hybridized carbons (Fsp3) is 0.292. The van der Waals surface area contributed by atoms with Crippen molar-refractivity contribution in [3.8, 4) is 0 Å². The topological polar surface area (TPSA) is 46.2 Å². The number of hydrogen-bond donors (Lipinski definition) is 2. The summed E-state index contributed by atoms with van der Waals surface area (Å²) in [5.41, 5.74) is 10.2. The second kappa shape index (κ2) is 11.1. The largest absolute Gasteiger partial charge is 0.495 e. The number of halogens is 2. The van der Waals surface area contributed by atoms with Gasteiger partial charge in [0.05, 0.1) is 0 Å². The average Bonchev–Trinajstić information content (AvgIpc) is 3.32. The second-order valence-electron chi connectivity index (χ2n) is 7.38. The van der Waals surface area contributed by atoms with Gasteiger partial charge in [0, 0.05) is 28.2 Å². The van der Waals surface area contributed by atoms with Crippen molar-refractivity contribution in [1.82, 2.24) is 0 Å². The molecule has 3 N–H and O–H groups in total. The molecule has 158 valence electrons. The van der Waals surface area contributed by atoms with Gasteiger partial charge in [0.2, 0.25) is 0 Å². The molecule has 0 amide bonds. The number of allylic oxidation sites excluding steroid dienone is 5. The first-order valence-corrected chi connectivity index (χ1v) is 9.44. The van der Waals surface area contributed by atoms with Gasteiger partial charge in [0.1, 0.15) is 0 Å². The van der Waals surface area contributed by atoms with Crippen molar-refractivity contribution < 1.29 is 31.0 Å². The first-order valence-electron chi connectivity index (χ1n) is 9.44. The smallest absolute Gasteiger partial charge is 0.263 e. The van der Waals surface area contributed by atoms with Crippen LogP contribution in [0.5, 0.6) is 0 Å². The van der Waals surface area contributed by atoms with Crippen molar-refractivity contribution >= 4 is 5.57 Å². The molecule has 0 heterocycles. The van der Waals surface area contributed by atoms with Crippen LogP contribution in [0.1, 0.15) is 45.2 Å². The third-order valence-corrected chi connectivity index (χ3v) is 4.63. The van der Waals surface area contributed by atoms with Gasteiger partial charge in [-0.3, -0.25) is 0 Å². The van der Waals surface area contributed by atoms with Gasteiger partial charge in [-0.05, 0) is 40.2 Å². The maximum Gasteiger partial charge on any atom is 0.263 e. The molecule has 0 saturated carbocycles. The van der Waals surface area contributed by atoms with Crippen LogP contribution in [-0.4, -0.2) is 5.11 Å². The van der Waals surface area contributed by atoms with Crippen LogP contribution in [0.4, 0.5) is 8.78 Å². The summed E-state index contributed by atoms with van der Waals surface area (Å²) < 4.78 is 25.5. The normalized spacial score (nSPS) is 15.3. The number of benzene rings is 1. The van der Waals surface area contributed by atoms with Gasteiger partial charge in [0.25, 0.3) is 6.43 Å². The van der Waals surface area contributed by atoms with Crippen molar-refractivity contribution in [3.05, 3.63) is 94.4 Å². The molecule has 1 aliphatic carbocycles. The number of nitrogens with two attached hydrogens (primary N) is 1. The molecule has 0 aromatic heterocycles. The summed E-state index contributed by atoms with van der Waals surface area (Å²) in [6, 6.07) is 16.3. The minimum absolute atomic E-state index is 0. The second-order valence-corrected chi connectivity index (χ2v) is 7.38. The van der Waals surface area contributed by atoms with Crippen LogP contribution >= 0.6 is 0 Å². The SMILES string of the molecule is CC(C)C1=C/C(=C(\N)O)C(C(C)C)=C1c1ccc(C(F)F)cc1.[Fe].c1cc[cH-]c1. The first-order chi connectivity index (χ1) is 13.2. The molecule has 1 aliphatic rings. The van der Waals surface area contributed by atoms with Gasteiger partial charge in [-0.25, -0.2) is 20.9 Å². The Morgan fingerprint density at radius 2 is 1.52 bits per heavy atom. The van der Waals surface area contributed by atoms with Gasteiger partial charge in [-0.15, -0.1) is 0 Å². The quantitative estimate of drug-likeness (QED) is 0.314. The summed E-state index contributed by atoms with van der Waals surface area (Å²) in [5, 5.41) is 9.83. The Morgan fingerprint density at radius 3 is 1.86 bits per heavy atom. The molecule has 0 fully saturated rings. The van der Waals surface area contributed by atoms with E-state index in [-0.39, 0.29) is 40.4 Å². The molecule has 2 nitrogen and oxygen atoms in total. The van der Waals surface area contributed by atoms with Crippen molar-refractivity contribution in [2.75, 3.05) is 0 Å². The average molecular weight is 440 g/mol. The molecule has 0 spiro atoms. The number of aliphatic hydroxyl groups excluding tert-OH is 1. The van der Waals surface area contributed by atoms with Crippen LogP contribution < -0.4 is 5.73 Å². The zero-order valence-electron chi connectivity index (χ0n) is 17.1. The minimum atomic E-state index is -2.48. The van der Waals surface area contributed by atoms with Crippen LogP contribution in [0, 0.1) is 11.8 Å². The molecule has 29 heavy (non-hydrogen) atoms. The van der Waals surface area contributed by atoms with Crippen LogP contribution in [0.3, 0.4) is 0 Å². The van der Waals surface area contributed by atoms with Crippen molar-refractivity contribution in [2.24, 2.45) is 17.6 Å². The van der Waals surface area contributed by atoms with Crippen LogP contribution in [0.15, 0.2) is 83.3 Å². The zero-order chi connectivity index (χ0) is 20.8. The minimum Gasteiger partial charge on any atom is -0.495 e. The molecule has 2 aromatic rings. The predicted molar refractivity (Wildman–Crippen MR) is 112 cm³/mol. The summed E-state index contributed by atoms with van der Waals surface area (Å²) in [5.74, 6) is 0.171. The Hall–Kier alpha value is -2.23. The van der Waals surface area contributed by atoms with E-state index in [2.05, 4.69) is 13.8 Å². The fourth-order valence-corrected chi connectivity index (χ4v) is 3.30. The fourth-order valence-electron chi connectivity index (χ4n) is 3.30. The van der Waals surface area contributed by atoms with Crippen molar-refractivity contribution in [2.45, 2.75) is 34.1 Å². The van der Waals surface area contributed by atoms with E-state index >= 15 is 0 Å². The third-order valence-electron chi connectivity index (χ3n) is 4.63. The number of rotatable bonds is 4. The van der Waals surface area contributed by atoms with E-state index in [9.17, 15) is 13.9 Å².